The standard InChI is InChI=1S/C12H15N3OS/c13-11(12(16)15-7-1-2-8-15)17-9-10-3-5-14-6-4-10/h3-6,13H,1-2,7-9H2. The molecule has 1 aromatic heterocycles. The molecule has 0 saturated carbocycles. The van der Waals surface area contributed by atoms with E-state index in [1.165, 1.54) is 11.8 Å². The molecule has 1 aromatic rings. The second kappa shape index (κ2) is 5.82. The van der Waals surface area contributed by atoms with E-state index in [1.54, 1.807) is 17.3 Å². The van der Waals surface area contributed by atoms with Gasteiger partial charge in [-0.3, -0.25) is 15.2 Å². The highest BCUT2D eigenvalue weighted by Gasteiger charge is 2.21. The molecule has 17 heavy (non-hydrogen) atoms. The summed E-state index contributed by atoms with van der Waals surface area (Å²) in [4.78, 5) is 17.5. The fourth-order valence-corrected chi connectivity index (χ4v) is 2.52. The van der Waals surface area contributed by atoms with Gasteiger partial charge in [0.1, 0.15) is 0 Å². The summed E-state index contributed by atoms with van der Waals surface area (Å²) in [5.74, 6) is 0.530. The van der Waals surface area contributed by atoms with Crippen molar-refractivity contribution in [3.05, 3.63) is 30.1 Å². The van der Waals surface area contributed by atoms with Crippen LogP contribution in [0, 0.1) is 5.41 Å². The number of nitrogens with one attached hydrogen (secondary N) is 1. The molecule has 1 N–H and O–H groups in total. The first-order valence-corrected chi connectivity index (χ1v) is 6.65. The lowest BCUT2D eigenvalue weighted by Crippen LogP contribution is -2.32. The Morgan fingerprint density at radius 2 is 2.00 bits per heavy atom. The summed E-state index contributed by atoms with van der Waals surface area (Å²) in [5, 5.41) is 7.91. The molecular weight excluding hydrogens is 234 g/mol. The Labute approximate surface area is 105 Å². The number of carbonyl (C=O) groups is 1. The fraction of sp³-hybridized carbons (Fsp3) is 0.417. The van der Waals surface area contributed by atoms with Gasteiger partial charge in [-0.2, -0.15) is 0 Å². The highest BCUT2D eigenvalue weighted by molar-refractivity contribution is 8.14. The molecule has 1 amide bonds. The number of thioether (sulfide) groups is 1. The zero-order valence-electron chi connectivity index (χ0n) is 9.56. The fourth-order valence-electron chi connectivity index (χ4n) is 1.76. The first-order valence-electron chi connectivity index (χ1n) is 5.67. The van der Waals surface area contributed by atoms with Gasteiger partial charge in [0.2, 0.25) is 0 Å². The van der Waals surface area contributed by atoms with Crippen molar-refractivity contribution in [2.45, 2.75) is 18.6 Å². The second-order valence-corrected chi connectivity index (χ2v) is 4.96. The van der Waals surface area contributed by atoms with Crippen LogP contribution in [0.4, 0.5) is 0 Å². The van der Waals surface area contributed by atoms with E-state index in [0.717, 1.165) is 31.5 Å². The van der Waals surface area contributed by atoms with Gasteiger partial charge >= 0.3 is 0 Å². The zero-order chi connectivity index (χ0) is 12.1. The minimum absolute atomic E-state index is 0.124. The van der Waals surface area contributed by atoms with E-state index in [-0.39, 0.29) is 11.0 Å². The first-order chi connectivity index (χ1) is 8.27. The van der Waals surface area contributed by atoms with Crippen molar-refractivity contribution in [2.24, 2.45) is 0 Å². The number of hydrogen-bond acceptors (Lipinski definition) is 4. The molecule has 5 heteroatoms. The molecule has 0 unspecified atom stereocenters. The Morgan fingerprint density at radius 3 is 2.65 bits per heavy atom. The Kier molecular flexibility index (Phi) is 4.14. The summed E-state index contributed by atoms with van der Waals surface area (Å²) in [6.45, 7) is 1.61. The molecule has 0 aliphatic carbocycles. The quantitative estimate of drug-likeness (QED) is 0.643. The van der Waals surface area contributed by atoms with E-state index in [9.17, 15) is 4.79 Å². The van der Waals surface area contributed by atoms with E-state index < -0.39 is 0 Å². The van der Waals surface area contributed by atoms with Gasteiger partial charge in [-0.05, 0) is 30.5 Å². The van der Waals surface area contributed by atoms with Gasteiger partial charge in [0.15, 0.2) is 5.04 Å². The van der Waals surface area contributed by atoms with E-state index in [1.807, 2.05) is 12.1 Å². The van der Waals surface area contributed by atoms with E-state index in [2.05, 4.69) is 4.98 Å². The van der Waals surface area contributed by atoms with Gasteiger partial charge in [0.05, 0.1) is 0 Å². The topological polar surface area (TPSA) is 57.1 Å². The van der Waals surface area contributed by atoms with Gasteiger partial charge in [-0.1, -0.05) is 11.8 Å². The number of carbonyl (C=O) groups excluding carboxylic acids is 1. The Bertz CT molecular complexity index is 401. The number of rotatable bonds is 2. The third-order valence-electron chi connectivity index (χ3n) is 2.72. The highest BCUT2D eigenvalue weighted by atomic mass is 32.2. The van der Waals surface area contributed by atoms with E-state index in [0.29, 0.717) is 5.75 Å². The van der Waals surface area contributed by atoms with Crippen LogP contribution in [0.25, 0.3) is 0 Å². The largest absolute Gasteiger partial charge is 0.337 e. The first kappa shape index (κ1) is 12.1. The summed E-state index contributed by atoms with van der Waals surface area (Å²) < 4.78 is 0. The van der Waals surface area contributed by atoms with Crippen LogP contribution in [-0.2, 0) is 10.5 Å². The SMILES string of the molecule is N=C(SCc1ccncc1)C(=O)N1CCCC1. The van der Waals surface area contributed by atoms with Crippen LogP contribution in [0.1, 0.15) is 18.4 Å². The van der Waals surface area contributed by atoms with Crippen molar-refractivity contribution in [3.63, 3.8) is 0 Å². The van der Waals surface area contributed by atoms with Gasteiger partial charge in [0.25, 0.3) is 5.91 Å². The molecule has 0 atom stereocenters. The van der Waals surface area contributed by atoms with Crippen LogP contribution in [0.2, 0.25) is 0 Å². The maximum Gasteiger partial charge on any atom is 0.278 e. The third kappa shape index (κ3) is 3.30. The van der Waals surface area contributed by atoms with Crippen LogP contribution in [0.15, 0.2) is 24.5 Å². The lowest BCUT2D eigenvalue weighted by atomic mass is 10.3. The number of hydrogen-bond donors (Lipinski definition) is 1. The predicted molar refractivity (Wildman–Crippen MR) is 69.1 cm³/mol. The lowest BCUT2D eigenvalue weighted by molar-refractivity contribution is -0.122. The average molecular weight is 249 g/mol. The molecule has 1 aliphatic heterocycles. The summed E-state index contributed by atoms with van der Waals surface area (Å²) >= 11 is 1.29. The Morgan fingerprint density at radius 1 is 1.35 bits per heavy atom. The molecule has 0 radical (unpaired) electrons. The molecule has 90 valence electrons. The molecule has 4 nitrogen and oxygen atoms in total. The van der Waals surface area contributed by atoms with Crippen molar-refractivity contribution >= 4 is 22.7 Å². The summed E-state index contributed by atoms with van der Waals surface area (Å²) in [6.07, 6.45) is 5.58. The van der Waals surface area contributed by atoms with Crippen molar-refractivity contribution < 1.29 is 4.79 Å². The number of aromatic nitrogens is 1. The minimum atomic E-state index is -0.124. The molecule has 1 fully saturated rings. The smallest absolute Gasteiger partial charge is 0.278 e. The van der Waals surface area contributed by atoms with Crippen LogP contribution in [-0.4, -0.2) is 33.9 Å². The van der Waals surface area contributed by atoms with E-state index >= 15 is 0 Å². The van der Waals surface area contributed by atoms with Crippen molar-refractivity contribution in [1.29, 1.82) is 5.41 Å². The molecular formula is C12H15N3OS. The molecule has 0 bridgehead atoms. The minimum Gasteiger partial charge on any atom is -0.337 e. The normalized spacial score (nSPS) is 14.9. The van der Waals surface area contributed by atoms with Crippen LogP contribution < -0.4 is 0 Å². The molecule has 0 aromatic carbocycles. The van der Waals surface area contributed by atoms with E-state index in [4.69, 9.17) is 5.41 Å². The van der Waals surface area contributed by atoms with Crippen molar-refractivity contribution in [2.75, 3.05) is 13.1 Å². The second-order valence-electron chi connectivity index (χ2n) is 3.97. The Balaban J connectivity index is 1.83. The summed E-state index contributed by atoms with van der Waals surface area (Å²) in [7, 11) is 0. The van der Waals surface area contributed by atoms with Gasteiger partial charge < -0.3 is 4.90 Å². The molecule has 1 saturated heterocycles. The number of nitrogens with zero attached hydrogens (tertiary/aromatic N) is 2. The van der Waals surface area contributed by atoms with Crippen LogP contribution in [0.5, 0.6) is 0 Å². The highest BCUT2D eigenvalue weighted by Crippen LogP contribution is 2.16. The lowest BCUT2D eigenvalue weighted by Gasteiger charge is -2.14. The number of amides is 1. The monoisotopic (exact) mass is 249 g/mol. The maximum atomic E-state index is 11.8. The number of likely N-dealkylation sites (tertiary alicyclic amines) is 1. The summed E-state index contributed by atoms with van der Waals surface area (Å²) in [5.41, 5.74) is 1.09. The number of pyridine rings is 1. The molecule has 2 heterocycles. The van der Waals surface area contributed by atoms with Crippen molar-refractivity contribution in [1.82, 2.24) is 9.88 Å². The zero-order valence-corrected chi connectivity index (χ0v) is 10.4. The molecule has 2 rings (SSSR count). The van der Waals surface area contributed by atoms with Gasteiger partial charge in [-0.15, -0.1) is 0 Å². The van der Waals surface area contributed by atoms with Gasteiger partial charge in [-0.25, -0.2) is 0 Å². The molecule has 1 aliphatic rings. The van der Waals surface area contributed by atoms with Gasteiger partial charge in [0, 0.05) is 31.2 Å². The predicted octanol–water partition coefficient (Wildman–Crippen LogP) is 1.91. The summed E-state index contributed by atoms with van der Waals surface area (Å²) in [6, 6.07) is 3.81. The Hall–Kier alpha value is -1.36. The van der Waals surface area contributed by atoms with Crippen LogP contribution in [0.3, 0.4) is 0 Å². The molecule has 0 spiro atoms. The third-order valence-corrected chi connectivity index (χ3v) is 3.66. The van der Waals surface area contributed by atoms with Crippen molar-refractivity contribution in [3.8, 4) is 0 Å². The maximum absolute atomic E-state index is 11.8. The van der Waals surface area contributed by atoms with Crippen LogP contribution >= 0.6 is 11.8 Å². The average Bonchev–Trinajstić information content (AvgIpc) is 2.90.